The SMILES string of the molecule is COc1ccc(OCCNC(=S)Nc2cccc(Cl)c2C)cc1. The lowest BCUT2D eigenvalue weighted by molar-refractivity contribution is 0.322. The van der Waals surface area contributed by atoms with Gasteiger partial charge in [0.05, 0.1) is 13.7 Å². The van der Waals surface area contributed by atoms with Crippen LogP contribution in [0, 0.1) is 6.92 Å². The highest BCUT2D eigenvalue weighted by Crippen LogP contribution is 2.22. The maximum absolute atomic E-state index is 6.08. The third-order valence-corrected chi connectivity index (χ3v) is 3.89. The normalized spacial score (nSPS) is 10.0. The van der Waals surface area contributed by atoms with Crippen LogP contribution >= 0.6 is 23.8 Å². The average Bonchev–Trinajstić information content (AvgIpc) is 2.56. The quantitative estimate of drug-likeness (QED) is 0.608. The van der Waals surface area contributed by atoms with Gasteiger partial charge in [-0.3, -0.25) is 0 Å². The molecular formula is C17H19ClN2O2S. The summed E-state index contributed by atoms with van der Waals surface area (Å²) in [6, 6.07) is 13.1. The molecule has 2 N–H and O–H groups in total. The summed E-state index contributed by atoms with van der Waals surface area (Å²) in [5.74, 6) is 1.59. The Hall–Kier alpha value is -1.98. The van der Waals surface area contributed by atoms with E-state index in [4.69, 9.17) is 33.3 Å². The van der Waals surface area contributed by atoms with Gasteiger partial charge < -0.3 is 20.1 Å². The number of hydrogen-bond donors (Lipinski definition) is 2. The van der Waals surface area contributed by atoms with Gasteiger partial charge in [-0.2, -0.15) is 0 Å². The highest BCUT2D eigenvalue weighted by atomic mass is 35.5. The largest absolute Gasteiger partial charge is 0.497 e. The lowest BCUT2D eigenvalue weighted by atomic mass is 10.2. The number of hydrogen-bond acceptors (Lipinski definition) is 3. The minimum atomic E-state index is 0.503. The van der Waals surface area contributed by atoms with Gasteiger partial charge in [0.1, 0.15) is 18.1 Å². The minimum absolute atomic E-state index is 0.503. The average molecular weight is 351 g/mol. The lowest BCUT2D eigenvalue weighted by Crippen LogP contribution is -2.32. The Morgan fingerprint density at radius 1 is 1.13 bits per heavy atom. The number of anilines is 1. The molecule has 0 aliphatic carbocycles. The highest BCUT2D eigenvalue weighted by molar-refractivity contribution is 7.80. The van der Waals surface area contributed by atoms with Crippen molar-refractivity contribution < 1.29 is 9.47 Å². The van der Waals surface area contributed by atoms with E-state index in [1.165, 1.54) is 0 Å². The van der Waals surface area contributed by atoms with E-state index in [9.17, 15) is 0 Å². The molecule has 0 atom stereocenters. The Morgan fingerprint density at radius 2 is 1.83 bits per heavy atom. The molecule has 2 aromatic rings. The van der Waals surface area contributed by atoms with E-state index in [1.54, 1.807) is 7.11 Å². The first-order valence-corrected chi connectivity index (χ1v) is 7.95. The summed E-state index contributed by atoms with van der Waals surface area (Å²) in [6.45, 7) is 3.04. The summed E-state index contributed by atoms with van der Waals surface area (Å²) in [5.41, 5.74) is 1.86. The standard InChI is InChI=1S/C17H19ClN2O2S/c1-12-15(18)4-3-5-16(12)20-17(23)19-10-11-22-14-8-6-13(21-2)7-9-14/h3-9H,10-11H2,1-2H3,(H2,19,20,23). The number of methoxy groups -OCH3 is 1. The molecule has 0 bridgehead atoms. The minimum Gasteiger partial charge on any atom is -0.497 e. The molecule has 0 aliphatic rings. The lowest BCUT2D eigenvalue weighted by Gasteiger charge is -2.13. The van der Waals surface area contributed by atoms with Gasteiger partial charge in [0, 0.05) is 10.7 Å². The summed E-state index contributed by atoms with van der Waals surface area (Å²) in [5, 5.41) is 7.47. The zero-order chi connectivity index (χ0) is 16.7. The van der Waals surface area contributed by atoms with Crippen molar-refractivity contribution in [3.63, 3.8) is 0 Å². The van der Waals surface area contributed by atoms with E-state index in [-0.39, 0.29) is 0 Å². The van der Waals surface area contributed by atoms with Gasteiger partial charge in [-0.05, 0) is 61.1 Å². The first-order valence-electron chi connectivity index (χ1n) is 7.17. The number of halogens is 1. The molecule has 6 heteroatoms. The number of benzene rings is 2. The van der Waals surface area contributed by atoms with Gasteiger partial charge in [-0.25, -0.2) is 0 Å². The van der Waals surface area contributed by atoms with Crippen LogP contribution in [0.1, 0.15) is 5.56 Å². The molecule has 0 saturated heterocycles. The molecular weight excluding hydrogens is 332 g/mol. The summed E-state index contributed by atoms with van der Waals surface area (Å²) < 4.78 is 10.7. The summed E-state index contributed by atoms with van der Waals surface area (Å²) in [6.07, 6.45) is 0. The maximum Gasteiger partial charge on any atom is 0.170 e. The van der Waals surface area contributed by atoms with Crippen LogP contribution in [0.3, 0.4) is 0 Å². The summed E-state index contributed by atoms with van der Waals surface area (Å²) in [4.78, 5) is 0. The molecule has 2 aromatic carbocycles. The Bertz CT molecular complexity index is 662. The van der Waals surface area contributed by atoms with Crippen LogP contribution in [-0.2, 0) is 0 Å². The van der Waals surface area contributed by atoms with Gasteiger partial charge in [-0.15, -0.1) is 0 Å². The van der Waals surface area contributed by atoms with Crippen molar-refractivity contribution in [3.05, 3.63) is 53.1 Å². The van der Waals surface area contributed by atoms with E-state index in [2.05, 4.69) is 10.6 Å². The Kier molecular flexibility index (Phi) is 6.50. The molecule has 0 saturated carbocycles. The second-order valence-electron chi connectivity index (χ2n) is 4.82. The van der Waals surface area contributed by atoms with Crippen LogP contribution in [-0.4, -0.2) is 25.4 Å². The van der Waals surface area contributed by atoms with Crippen molar-refractivity contribution in [2.75, 3.05) is 25.6 Å². The Labute approximate surface area is 146 Å². The molecule has 0 unspecified atom stereocenters. The maximum atomic E-state index is 6.08. The van der Waals surface area contributed by atoms with Crippen LogP contribution < -0.4 is 20.1 Å². The van der Waals surface area contributed by atoms with Crippen LogP contribution in [0.2, 0.25) is 5.02 Å². The smallest absolute Gasteiger partial charge is 0.170 e. The van der Waals surface area contributed by atoms with E-state index in [1.807, 2.05) is 49.4 Å². The van der Waals surface area contributed by atoms with E-state index in [0.29, 0.717) is 23.3 Å². The predicted octanol–water partition coefficient (Wildman–Crippen LogP) is 4.02. The summed E-state index contributed by atoms with van der Waals surface area (Å²) in [7, 11) is 1.63. The second-order valence-corrected chi connectivity index (χ2v) is 5.63. The first-order chi connectivity index (χ1) is 11.1. The first kappa shape index (κ1) is 17.4. The zero-order valence-corrected chi connectivity index (χ0v) is 14.6. The zero-order valence-electron chi connectivity index (χ0n) is 13.1. The molecule has 0 amide bonds. The van der Waals surface area contributed by atoms with Crippen molar-refractivity contribution in [3.8, 4) is 11.5 Å². The number of nitrogens with one attached hydrogen (secondary N) is 2. The molecule has 0 aliphatic heterocycles. The van der Waals surface area contributed by atoms with Crippen LogP contribution in [0.4, 0.5) is 5.69 Å². The topological polar surface area (TPSA) is 42.5 Å². The van der Waals surface area contributed by atoms with E-state index >= 15 is 0 Å². The molecule has 4 nitrogen and oxygen atoms in total. The van der Waals surface area contributed by atoms with Crippen molar-refractivity contribution in [2.45, 2.75) is 6.92 Å². The monoisotopic (exact) mass is 350 g/mol. The fourth-order valence-corrected chi connectivity index (χ4v) is 2.30. The van der Waals surface area contributed by atoms with E-state index < -0.39 is 0 Å². The van der Waals surface area contributed by atoms with Crippen molar-refractivity contribution in [1.29, 1.82) is 0 Å². The molecule has 122 valence electrons. The Morgan fingerprint density at radius 3 is 2.52 bits per heavy atom. The van der Waals surface area contributed by atoms with Crippen molar-refractivity contribution in [2.24, 2.45) is 0 Å². The second kappa shape index (κ2) is 8.60. The van der Waals surface area contributed by atoms with Crippen LogP contribution in [0.15, 0.2) is 42.5 Å². The molecule has 0 fully saturated rings. The fourth-order valence-electron chi connectivity index (χ4n) is 1.91. The molecule has 0 aromatic heterocycles. The Balaban J connectivity index is 1.73. The van der Waals surface area contributed by atoms with E-state index in [0.717, 1.165) is 22.7 Å². The van der Waals surface area contributed by atoms with Gasteiger partial charge in [0.25, 0.3) is 0 Å². The fraction of sp³-hybridized carbons (Fsp3) is 0.235. The number of thiocarbonyl (C=S) groups is 1. The van der Waals surface area contributed by atoms with Crippen molar-refractivity contribution in [1.82, 2.24) is 5.32 Å². The van der Waals surface area contributed by atoms with Crippen LogP contribution in [0.25, 0.3) is 0 Å². The third kappa shape index (κ3) is 5.30. The molecule has 23 heavy (non-hydrogen) atoms. The molecule has 0 spiro atoms. The molecule has 2 rings (SSSR count). The van der Waals surface area contributed by atoms with Gasteiger partial charge in [0.2, 0.25) is 0 Å². The molecule has 0 heterocycles. The highest BCUT2D eigenvalue weighted by Gasteiger charge is 2.03. The van der Waals surface area contributed by atoms with Crippen molar-refractivity contribution >= 4 is 34.6 Å². The van der Waals surface area contributed by atoms with Gasteiger partial charge >= 0.3 is 0 Å². The third-order valence-electron chi connectivity index (χ3n) is 3.23. The number of ether oxygens (including phenoxy) is 2. The number of rotatable bonds is 6. The van der Waals surface area contributed by atoms with Crippen LogP contribution in [0.5, 0.6) is 11.5 Å². The van der Waals surface area contributed by atoms with Gasteiger partial charge in [0.15, 0.2) is 5.11 Å². The molecule has 0 radical (unpaired) electrons. The summed E-state index contributed by atoms with van der Waals surface area (Å²) >= 11 is 11.3. The van der Waals surface area contributed by atoms with Gasteiger partial charge in [-0.1, -0.05) is 17.7 Å². The predicted molar refractivity (Wildman–Crippen MR) is 98.9 cm³/mol.